The smallest absolute Gasteiger partial charge is 0.163 e. The summed E-state index contributed by atoms with van der Waals surface area (Å²) in [7, 11) is -2.76. The van der Waals surface area contributed by atoms with Gasteiger partial charge in [-0.15, -0.1) is 5.54 Å². The minimum Gasteiger partial charge on any atom is -0.330 e. The van der Waals surface area contributed by atoms with Crippen molar-refractivity contribution in [3.63, 3.8) is 0 Å². The van der Waals surface area contributed by atoms with Crippen molar-refractivity contribution in [3.8, 4) is 11.6 Å². The van der Waals surface area contributed by atoms with Gasteiger partial charge >= 0.3 is 0 Å². The Morgan fingerprint density at radius 2 is 1.41 bits per heavy atom. The van der Waals surface area contributed by atoms with Gasteiger partial charge in [-0.25, -0.2) is 0 Å². The third kappa shape index (κ3) is 4.80. The molecule has 0 atom stereocenters. The summed E-state index contributed by atoms with van der Waals surface area (Å²) in [5, 5.41) is 0. The van der Waals surface area contributed by atoms with E-state index in [4.69, 9.17) is 0 Å². The maximum atomic E-state index is 3.48. The highest BCUT2D eigenvalue weighted by molar-refractivity contribution is 6.84. The molecule has 0 amide bonds. The zero-order valence-electron chi connectivity index (χ0n) is 11.8. The molecule has 0 aliphatic heterocycles. The Bertz CT molecular complexity index is 416. The second kappa shape index (κ2) is 5.11. The van der Waals surface area contributed by atoms with Gasteiger partial charge in [0.1, 0.15) is 8.07 Å². The second-order valence-electron chi connectivity index (χ2n) is 6.33. The number of benzene rings is 1. The van der Waals surface area contributed by atoms with Crippen molar-refractivity contribution in [2.75, 3.05) is 4.57 Å². The summed E-state index contributed by atoms with van der Waals surface area (Å²) in [4.78, 5) is 0. The summed E-state index contributed by atoms with van der Waals surface area (Å²) in [5.74, 6) is 0. The van der Waals surface area contributed by atoms with Crippen LogP contribution in [0.15, 0.2) is 30.3 Å². The lowest BCUT2D eigenvalue weighted by Gasteiger charge is -2.31. The Morgan fingerprint density at radius 3 is 1.82 bits per heavy atom. The Hall–Kier alpha value is -0.986. The summed E-state index contributed by atoms with van der Waals surface area (Å²) in [6.07, 6.45) is 0. The molecule has 1 rings (SSSR count). The molecule has 0 bridgehead atoms. The zero-order chi connectivity index (χ0) is 13.1. The number of para-hydroxylation sites is 1. The fraction of sp³-hybridized carbons (Fsp3) is 0.429. The molecule has 92 valence electrons. The fourth-order valence-electron chi connectivity index (χ4n) is 1.42. The average Bonchev–Trinajstić information content (AvgIpc) is 2.15. The van der Waals surface area contributed by atoms with Gasteiger partial charge < -0.3 is 4.57 Å². The molecule has 0 saturated carbocycles. The number of hydrogen-bond donors (Lipinski definition) is 0. The quantitative estimate of drug-likeness (QED) is 0.439. The molecule has 0 unspecified atom stereocenters. The first-order chi connectivity index (χ1) is 7.70. The minimum atomic E-state index is -1.45. The van der Waals surface area contributed by atoms with Crippen molar-refractivity contribution >= 4 is 22.0 Å². The number of nitrogens with zero attached hydrogens (tertiary/aromatic N) is 1. The van der Waals surface area contributed by atoms with E-state index in [0.29, 0.717) is 0 Å². The normalized spacial score (nSPS) is 11.6. The van der Waals surface area contributed by atoms with Crippen molar-refractivity contribution in [2.45, 2.75) is 39.3 Å². The van der Waals surface area contributed by atoms with E-state index in [1.807, 2.05) is 0 Å². The first kappa shape index (κ1) is 14.1. The monoisotopic (exact) mass is 261 g/mol. The topological polar surface area (TPSA) is 3.24 Å². The largest absolute Gasteiger partial charge is 0.330 e. The Balaban J connectivity index is 3.10. The summed E-state index contributed by atoms with van der Waals surface area (Å²) >= 11 is 0. The fourth-order valence-corrected chi connectivity index (χ4v) is 3.29. The average molecular weight is 262 g/mol. The van der Waals surface area contributed by atoms with Crippen LogP contribution in [0.1, 0.15) is 0 Å². The van der Waals surface area contributed by atoms with E-state index in [1.54, 1.807) is 0 Å². The minimum absolute atomic E-state index is 1.23. The van der Waals surface area contributed by atoms with Crippen molar-refractivity contribution in [1.82, 2.24) is 0 Å². The molecule has 0 heterocycles. The van der Waals surface area contributed by atoms with Crippen LogP contribution in [0.2, 0.25) is 39.3 Å². The van der Waals surface area contributed by atoms with Gasteiger partial charge in [-0.3, -0.25) is 0 Å². The molecule has 1 aromatic carbocycles. The lowest BCUT2D eigenvalue weighted by Crippen LogP contribution is -2.43. The third-order valence-electron chi connectivity index (χ3n) is 2.23. The molecule has 0 saturated heterocycles. The highest BCUT2D eigenvalue weighted by Gasteiger charge is 2.23. The van der Waals surface area contributed by atoms with E-state index < -0.39 is 16.3 Å². The standard InChI is InChI=1S/C14H23NSi2/c1-16(2,3)13-12-15(17(4,5)6)14-10-8-7-9-11-14/h7-11H,1-6H3. The van der Waals surface area contributed by atoms with Crippen LogP contribution in [-0.4, -0.2) is 16.3 Å². The second-order valence-corrected chi connectivity index (χ2v) is 15.9. The van der Waals surface area contributed by atoms with Gasteiger partial charge in [0, 0.05) is 5.69 Å². The molecule has 0 fully saturated rings. The summed E-state index contributed by atoms with van der Waals surface area (Å²) in [6, 6.07) is 13.9. The van der Waals surface area contributed by atoms with Crippen LogP contribution in [0.4, 0.5) is 5.69 Å². The van der Waals surface area contributed by atoms with Crippen LogP contribution in [0.5, 0.6) is 0 Å². The SMILES string of the molecule is C[Si](C)(C)C#CN(c1ccccc1)[Si](C)(C)C. The lowest BCUT2D eigenvalue weighted by atomic mass is 10.3. The molecule has 17 heavy (non-hydrogen) atoms. The highest BCUT2D eigenvalue weighted by Crippen LogP contribution is 2.20. The summed E-state index contributed by atoms with van der Waals surface area (Å²) < 4.78 is 2.31. The lowest BCUT2D eigenvalue weighted by molar-refractivity contribution is 1.37. The Morgan fingerprint density at radius 1 is 0.882 bits per heavy atom. The van der Waals surface area contributed by atoms with E-state index in [-0.39, 0.29) is 0 Å². The molecular formula is C14H23NSi2. The molecule has 3 heteroatoms. The molecule has 1 nitrogen and oxygen atoms in total. The van der Waals surface area contributed by atoms with Gasteiger partial charge in [-0.2, -0.15) is 0 Å². The molecule has 0 N–H and O–H groups in total. The van der Waals surface area contributed by atoms with Crippen LogP contribution in [0.25, 0.3) is 0 Å². The van der Waals surface area contributed by atoms with Gasteiger partial charge in [0.25, 0.3) is 0 Å². The van der Waals surface area contributed by atoms with Gasteiger partial charge in [-0.1, -0.05) is 57.5 Å². The molecule has 0 aromatic heterocycles. The highest BCUT2D eigenvalue weighted by atomic mass is 28.3. The van der Waals surface area contributed by atoms with E-state index in [1.165, 1.54) is 5.69 Å². The first-order valence-corrected chi connectivity index (χ1v) is 13.0. The van der Waals surface area contributed by atoms with Gasteiger partial charge in [0.15, 0.2) is 8.24 Å². The van der Waals surface area contributed by atoms with Crippen molar-refractivity contribution in [1.29, 1.82) is 0 Å². The van der Waals surface area contributed by atoms with Crippen molar-refractivity contribution in [2.24, 2.45) is 0 Å². The molecule has 0 aliphatic rings. The Labute approximate surface area is 108 Å². The third-order valence-corrected chi connectivity index (χ3v) is 4.80. The molecule has 0 spiro atoms. The molecular weight excluding hydrogens is 238 g/mol. The number of rotatable bonds is 2. The van der Waals surface area contributed by atoms with Crippen LogP contribution >= 0.6 is 0 Å². The summed E-state index contributed by atoms with van der Waals surface area (Å²) in [6.45, 7) is 13.9. The maximum absolute atomic E-state index is 3.48. The molecule has 1 aromatic rings. The maximum Gasteiger partial charge on any atom is 0.163 e. The number of anilines is 1. The number of hydrogen-bond acceptors (Lipinski definition) is 1. The molecule has 0 aliphatic carbocycles. The zero-order valence-corrected chi connectivity index (χ0v) is 13.8. The summed E-state index contributed by atoms with van der Waals surface area (Å²) in [5.41, 5.74) is 4.71. The van der Waals surface area contributed by atoms with Crippen LogP contribution in [0, 0.1) is 11.6 Å². The van der Waals surface area contributed by atoms with E-state index >= 15 is 0 Å². The van der Waals surface area contributed by atoms with Gasteiger partial charge in [0.05, 0.1) is 0 Å². The van der Waals surface area contributed by atoms with Crippen LogP contribution in [0.3, 0.4) is 0 Å². The molecule has 0 radical (unpaired) electrons. The van der Waals surface area contributed by atoms with Gasteiger partial charge in [0.2, 0.25) is 0 Å². The van der Waals surface area contributed by atoms with Crippen molar-refractivity contribution in [3.05, 3.63) is 30.3 Å². The van der Waals surface area contributed by atoms with E-state index in [2.05, 4.69) is 85.8 Å². The van der Waals surface area contributed by atoms with Crippen LogP contribution in [-0.2, 0) is 0 Å². The Kier molecular flexibility index (Phi) is 4.23. The van der Waals surface area contributed by atoms with E-state index in [0.717, 1.165) is 0 Å². The first-order valence-electron chi connectivity index (χ1n) is 6.08. The van der Waals surface area contributed by atoms with E-state index in [9.17, 15) is 0 Å². The predicted molar refractivity (Wildman–Crippen MR) is 83.4 cm³/mol. The van der Waals surface area contributed by atoms with Crippen LogP contribution < -0.4 is 4.57 Å². The predicted octanol–water partition coefficient (Wildman–Crippen LogP) is 4.17. The van der Waals surface area contributed by atoms with Crippen molar-refractivity contribution < 1.29 is 0 Å². The van der Waals surface area contributed by atoms with Gasteiger partial charge in [-0.05, 0) is 18.2 Å².